The van der Waals surface area contributed by atoms with Crippen molar-refractivity contribution >= 4 is 11.6 Å². The average molecular weight is 296 g/mol. The van der Waals surface area contributed by atoms with Gasteiger partial charge in [-0.15, -0.1) is 0 Å². The number of methoxy groups -OCH3 is 1. The van der Waals surface area contributed by atoms with Crippen molar-refractivity contribution in [1.82, 2.24) is 5.32 Å². The molecule has 1 heterocycles. The first-order chi connectivity index (χ1) is 9.78. The molecule has 0 radical (unpaired) electrons. The van der Waals surface area contributed by atoms with Crippen LogP contribution in [0.25, 0.3) is 0 Å². The van der Waals surface area contributed by atoms with Gasteiger partial charge in [0, 0.05) is 11.1 Å². The van der Waals surface area contributed by atoms with Crippen LogP contribution in [-0.2, 0) is 0 Å². The molecular weight excluding hydrogens is 274 g/mol. The summed E-state index contributed by atoms with van der Waals surface area (Å²) in [5.41, 5.74) is 1.20. The third kappa shape index (κ3) is 3.21. The Morgan fingerprint density at radius 2 is 1.90 bits per heavy atom. The van der Waals surface area contributed by atoms with Crippen molar-refractivity contribution in [2.45, 2.75) is 31.6 Å². The van der Waals surface area contributed by atoms with Gasteiger partial charge in [-0.2, -0.15) is 0 Å². The Hall–Kier alpha value is -0.930. The SMILES string of the molecule is COc1cc(C2CCNCC2)c(Cl)cc1OCC1CC1. The number of ether oxygens (including phenoxy) is 2. The predicted octanol–water partition coefficient (Wildman–Crippen LogP) is 3.60. The Labute approximate surface area is 125 Å². The lowest BCUT2D eigenvalue weighted by molar-refractivity contribution is 0.280. The summed E-state index contributed by atoms with van der Waals surface area (Å²) in [4.78, 5) is 0. The molecule has 3 rings (SSSR count). The van der Waals surface area contributed by atoms with E-state index in [0.29, 0.717) is 5.92 Å². The number of piperidine rings is 1. The van der Waals surface area contributed by atoms with Crippen LogP contribution in [-0.4, -0.2) is 26.8 Å². The van der Waals surface area contributed by atoms with E-state index in [9.17, 15) is 0 Å². The largest absolute Gasteiger partial charge is 0.493 e. The van der Waals surface area contributed by atoms with E-state index in [1.165, 1.54) is 18.4 Å². The molecule has 1 aromatic rings. The number of benzene rings is 1. The van der Waals surface area contributed by atoms with Crippen LogP contribution in [0, 0.1) is 5.92 Å². The lowest BCUT2D eigenvalue weighted by Crippen LogP contribution is -2.26. The smallest absolute Gasteiger partial charge is 0.162 e. The van der Waals surface area contributed by atoms with Crippen LogP contribution in [0.5, 0.6) is 11.5 Å². The molecule has 1 aliphatic heterocycles. The maximum atomic E-state index is 6.47. The van der Waals surface area contributed by atoms with Gasteiger partial charge in [0.2, 0.25) is 0 Å². The maximum Gasteiger partial charge on any atom is 0.162 e. The summed E-state index contributed by atoms with van der Waals surface area (Å²) in [6.45, 7) is 2.89. The molecule has 0 amide bonds. The van der Waals surface area contributed by atoms with Gasteiger partial charge in [-0.3, -0.25) is 0 Å². The zero-order chi connectivity index (χ0) is 13.9. The number of nitrogens with one attached hydrogen (secondary N) is 1. The minimum atomic E-state index is 0.523. The summed E-state index contributed by atoms with van der Waals surface area (Å²) < 4.78 is 11.3. The summed E-state index contributed by atoms with van der Waals surface area (Å²) >= 11 is 6.47. The highest BCUT2D eigenvalue weighted by atomic mass is 35.5. The number of hydrogen-bond acceptors (Lipinski definition) is 3. The van der Waals surface area contributed by atoms with E-state index in [1.54, 1.807) is 7.11 Å². The van der Waals surface area contributed by atoms with Gasteiger partial charge in [-0.1, -0.05) is 11.6 Å². The highest BCUT2D eigenvalue weighted by molar-refractivity contribution is 6.31. The van der Waals surface area contributed by atoms with Gasteiger partial charge in [0.25, 0.3) is 0 Å². The van der Waals surface area contributed by atoms with Gasteiger partial charge in [0.05, 0.1) is 13.7 Å². The second-order valence-electron chi connectivity index (χ2n) is 5.80. The topological polar surface area (TPSA) is 30.5 Å². The van der Waals surface area contributed by atoms with Crippen molar-refractivity contribution in [3.8, 4) is 11.5 Å². The number of halogens is 1. The minimum absolute atomic E-state index is 0.523. The zero-order valence-electron chi connectivity index (χ0n) is 12.0. The summed E-state index contributed by atoms with van der Waals surface area (Å²) in [6, 6.07) is 4.00. The van der Waals surface area contributed by atoms with Crippen molar-refractivity contribution in [2.24, 2.45) is 5.92 Å². The van der Waals surface area contributed by atoms with E-state index in [1.807, 2.05) is 6.07 Å². The Morgan fingerprint density at radius 1 is 1.15 bits per heavy atom. The lowest BCUT2D eigenvalue weighted by atomic mass is 9.90. The molecule has 1 aromatic carbocycles. The lowest BCUT2D eigenvalue weighted by Gasteiger charge is -2.25. The van der Waals surface area contributed by atoms with Crippen LogP contribution in [0.2, 0.25) is 5.02 Å². The second kappa shape index (κ2) is 6.23. The molecule has 2 fully saturated rings. The molecule has 20 heavy (non-hydrogen) atoms. The van der Waals surface area contributed by atoms with Crippen LogP contribution in [0.4, 0.5) is 0 Å². The summed E-state index contributed by atoms with van der Waals surface area (Å²) in [5.74, 6) is 2.84. The average Bonchev–Trinajstić information content (AvgIpc) is 3.30. The first-order valence-corrected chi connectivity index (χ1v) is 7.86. The van der Waals surface area contributed by atoms with E-state index in [2.05, 4.69) is 11.4 Å². The monoisotopic (exact) mass is 295 g/mol. The van der Waals surface area contributed by atoms with Crippen LogP contribution < -0.4 is 14.8 Å². The summed E-state index contributed by atoms with van der Waals surface area (Å²) in [6.07, 6.45) is 4.82. The van der Waals surface area contributed by atoms with Crippen LogP contribution >= 0.6 is 11.6 Å². The molecule has 1 saturated carbocycles. The normalized spacial score (nSPS) is 19.9. The van der Waals surface area contributed by atoms with Crippen molar-refractivity contribution in [2.75, 3.05) is 26.8 Å². The molecular formula is C16H22ClNO2. The molecule has 0 aromatic heterocycles. The highest BCUT2D eigenvalue weighted by Crippen LogP contribution is 2.40. The first-order valence-electron chi connectivity index (χ1n) is 7.49. The number of hydrogen-bond donors (Lipinski definition) is 1. The van der Waals surface area contributed by atoms with Gasteiger partial charge < -0.3 is 14.8 Å². The Morgan fingerprint density at radius 3 is 2.55 bits per heavy atom. The summed E-state index contributed by atoms with van der Waals surface area (Å²) in [7, 11) is 1.69. The molecule has 4 heteroatoms. The Balaban J connectivity index is 1.79. The van der Waals surface area contributed by atoms with Crippen molar-refractivity contribution in [3.63, 3.8) is 0 Å². The quantitative estimate of drug-likeness (QED) is 0.900. The highest BCUT2D eigenvalue weighted by Gasteiger charge is 2.24. The Bertz CT molecular complexity index is 468. The van der Waals surface area contributed by atoms with Crippen LogP contribution in [0.1, 0.15) is 37.2 Å². The molecule has 2 aliphatic rings. The molecule has 3 nitrogen and oxygen atoms in total. The van der Waals surface area contributed by atoms with Gasteiger partial charge in [0.1, 0.15) is 0 Å². The van der Waals surface area contributed by atoms with Crippen LogP contribution in [0.15, 0.2) is 12.1 Å². The third-order valence-electron chi connectivity index (χ3n) is 4.23. The molecule has 0 bridgehead atoms. The standard InChI is InChI=1S/C16H22ClNO2/c1-19-15-8-13(12-4-6-18-7-5-12)14(17)9-16(15)20-10-11-2-3-11/h8-9,11-12,18H,2-7,10H2,1H3. The van der Waals surface area contributed by atoms with Crippen molar-refractivity contribution in [1.29, 1.82) is 0 Å². The van der Waals surface area contributed by atoms with E-state index >= 15 is 0 Å². The molecule has 1 aliphatic carbocycles. The van der Waals surface area contributed by atoms with Crippen molar-refractivity contribution in [3.05, 3.63) is 22.7 Å². The minimum Gasteiger partial charge on any atom is -0.493 e. The van der Waals surface area contributed by atoms with E-state index in [4.69, 9.17) is 21.1 Å². The third-order valence-corrected chi connectivity index (χ3v) is 4.56. The van der Waals surface area contributed by atoms with Gasteiger partial charge >= 0.3 is 0 Å². The summed E-state index contributed by atoms with van der Waals surface area (Å²) in [5, 5.41) is 4.19. The molecule has 110 valence electrons. The fraction of sp³-hybridized carbons (Fsp3) is 0.625. The predicted molar refractivity (Wildman–Crippen MR) is 81.1 cm³/mol. The molecule has 0 spiro atoms. The fourth-order valence-corrected chi connectivity index (χ4v) is 3.07. The van der Waals surface area contributed by atoms with Gasteiger partial charge in [-0.05, 0) is 62.2 Å². The molecule has 1 N–H and O–H groups in total. The maximum absolute atomic E-state index is 6.47. The van der Waals surface area contributed by atoms with E-state index in [0.717, 1.165) is 55.0 Å². The van der Waals surface area contributed by atoms with Crippen LogP contribution in [0.3, 0.4) is 0 Å². The fourth-order valence-electron chi connectivity index (χ4n) is 2.76. The van der Waals surface area contributed by atoms with Gasteiger partial charge in [0.15, 0.2) is 11.5 Å². The second-order valence-corrected chi connectivity index (χ2v) is 6.21. The molecule has 0 atom stereocenters. The van der Waals surface area contributed by atoms with E-state index < -0.39 is 0 Å². The molecule has 0 unspecified atom stereocenters. The van der Waals surface area contributed by atoms with E-state index in [-0.39, 0.29) is 0 Å². The van der Waals surface area contributed by atoms with Gasteiger partial charge in [-0.25, -0.2) is 0 Å². The number of rotatable bonds is 5. The first kappa shape index (κ1) is 14.0. The Kier molecular flexibility index (Phi) is 4.37. The van der Waals surface area contributed by atoms with Crippen molar-refractivity contribution < 1.29 is 9.47 Å². The molecule has 1 saturated heterocycles. The zero-order valence-corrected chi connectivity index (χ0v) is 12.7.